The molecule has 1 aromatic rings. The largest absolute Gasteiger partial charge is 0.481 e. The monoisotopic (exact) mass is 297 g/mol. The van der Waals surface area contributed by atoms with Crippen LogP contribution in [0.25, 0.3) is 0 Å². The fraction of sp³-hybridized carbons (Fsp3) is 0.500. The molecule has 1 atom stereocenters. The van der Waals surface area contributed by atoms with Crippen LogP contribution in [0.4, 0.5) is 0 Å². The van der Waals surface area contributed by atoms with Gasteiger partial charge in [0.05, 0.1) is 17.9 Å². The number of benzene rings is 1. The van der Waals surface area contributed by atoms with Gasteiger partial charge >= 0.3 is 5.97 Å². The van der Waals surface area contributed by atoms with Gasteiger partial charge in [-0.25, -0.2) is 8.42 Å². The Labute approximate surface area is 119 Å². The first-order valence-electron chi connectivity index (χ1n) is 6.58. The summed E-state index contributed by atoms with van der Waals surface area (Å²) in [6, 6.07) is 7.45. The topological polar surface area (TPSA) is 74.7 Å². The van der Waals surface area contributed by atoms with Crippen molar-refractivity contribution in [3.05, 3.63) is 35.4 Å². The van der Waals surface area contributed by atoms with Crippen LogP contribution in [0.3, 0.4) is 0 Å². The van der Waals surface area contributed by atoms with E-state index in [1.807, 2.05) is 36.1 Å². The molecular formula is C14H19NO4S. The summed E-state index contributed by atoms with van der Waals surface area (Å²) in [6.45, 7) is 3.00. The van der Waals surface area contributed by atoms with Crippen molar-refractivity contribution in [3.63, 3.8) is 0 Å². The van der Waals surface area contributed by atoms with Gasteiger partial charge in [-0.15, -0.1) is 0 Å². The van der Waals surface area contributed by atoms with Crippen LogP contribution in [0.2, 0.25) is 0 Å². The Morgan fingerprint density at radius 3 is 2.75 bits per heavy atom. The van der Waals surface area contributed by atoms with Crippen LogP contribution in [-0.2, 0) is 21.2 Å². The molecule has 0 aliphatic carbocycles. The zero-order chi connectivity index (χ0) is 14.8. The van der Waals surface area contributed by atoms with E-state index in [2.05, 4.69) is 0 Å². The maximum atomic E-state index is 11.7. The number of rotatable bonds is 4. The quantitative estimate of drug-likeness (QED) is 0.900. The molecule has 0 saturated carbocycles. The fourth-order valence-corrected chi connectivity index (χ4v) is 4.12. The van der Waals surface area contributed by atoms with Gasteiger partial charge in [-0.2, -0.15) is 0 Å². The van der Waals surface area contributed by atoms with Crippen LogP contribution >= 0.6 is 0 Å². The van der Waals surface area contributed by atoms with Gasteiger partial charge < -0.3 is 5.11 Å². The third kappa shape index (κ3) is 3.80. The molecule has 20 heavy (non-hydrogen) atoms. The van der Waals surface area contributed by atoms with Crippen molar-refractivity contribution < 1.29 is 18.3 Å². The van der Waals surface area contributed by atoms with Crippen molar-refractivity contribution in [2.45, 2.75) is 25.9 Å². The van der Waals surface area contributed by atoms with Crippen LogP contribution in [0, 0.1) is 6.92 Å². The number of carboxylic acid groups (broad SMARTS) is 1. The molecule has 110 valence electrons. The highest BCUT2D eigenvalue weighted by Gasteiger charge is 2.32. The third-order valence-electron chi connectivity index (χ3n) is 3.70. The van der Waals surface area contributed by atoms with Crippen molar-refractivity contribution in [2.24, 2.45) is 0 Å². The number of hydrogen-bond donors (Lipinski definition) is 1. The second kappa shape index (κ2) is 5.93. The lowest BCUT2D eigenvalue weighted by Crippen LogP contribution is -2.48. The van der Waals surface area contributed by atoms with Crippen molar-refractivity contribution in [1.29, 1.82) is 0 Å². The highest BCUT2D eigenvalue weighted by atomic mass is 32.2. The van der Waals surface area contributed by atoms with E-state index in [9.17, 15) is 13.2 Å². The van der Waals surface area contributed by atoms with Gasteiger partial charge in [-0.1, -0.05) is 24.3 Å². The lowest BCUT2D eigenvalue weighted by Gasteiger charge is -2.34. The van der Waals surface area contributed by atoms with Crippen molar-refractivity contribution in [3.8, 4) is 0 Å². The van der Waals surface area contributed by atoms with E-state index in [4.69, 9.17) is 5.11 Å². The Hall–Kier alpha value is -1.40. The summed E-state index contributed by atoms with van der Waals surface area (Å²) < 4.78 is 23.4. The average Bonchev–Trinajstić information content (AvgIpc) is 2.34. The number of sulfone groups is 1. The van der Waals surface area contributed by atoms with E-state index in [1.54, 1.807) is 0 Å². The van der Waals surface area contributed by atoms with Crippen LogP contribution in [-0.4, -0.2) is 48.5 Å². The standard InChI is InChI=1S/C14H19NO4S/c1-11-4-2-3-5-12(11)9-15-6-7-20(18,19)10-13(15)8-14(16)17/h2-5,13H,6-10H2,1H3,(H,16,17). The summed E-state index contributed by atoms with van der Waals surface area (Å²) in [7, 11) is -3.12. The van der Waals surface area contributed by atoms with E-state index in [0.717, 1.165) is 11.1 Å². The summed E-state index contributed by atoms with van der Waals surface area (Å²) in [5.41, 5.74) is 2.25. The maximum Gasteiger partial charge on any atom is 0.304 e. The van der Waals surface area contributed by atoms with Crippen LogP contribution in [0.5, 0.6) is 0 Å². The predicted molar refractivity (Wildman–Crippen MR) is 76.3 cm³/mol. The second-order valence-corrected chi connectivity index (χ2v) is 7.49. The number of nitrogens with zero attached hydrogens (tertiary/aromatic N) is 1. The summed E-state index contributed by atoms with van der Waals surface area (Å²) in [4.78, 5) is 12.9. The fourth-order valence-electron chi connectivity index (χ4n) is 2.52. The molecule has 2 rings (SSSR count). The molecule has 0 bridgehead atoms. The minimum atomic E-state index is -3.12. The summed E-state index contributed by atoms with van der Waals surface area (Å²) in [5.74, 6) is -0.915. The second-order valence-electron chi connectivity index (χ2n) is 5.26. The zero-order valence-corrected chi connectivity index (χ0v) is 12.3. The Morgan fingerprint density at radius 2 is 2.10 bits per heavy atom. The number of carbonyl (C=O) groups is 1. The highest BCUT2D eigenvalue weighted by molar-refractivity contribution is 7.91. The van der Waals surface area contributed by atoms with E-state index in [0.29, 0.717) is 13.1 Å². The third-order valence-corrected chi connectivity index (χ3v) is 5.39. The van der Waals surface area contributed by atoms with Gasteiger partial charge in [0.2, 0.25) is 0 Å². The molecule has 1 fully saturated rings. The summed E-state index contributed by atoms with van der Waals surface area (Å²) in [5, 5.41) is 8.95. The van der Waals surface area contributed by atoms with Gasteiger partial charge in [-0.3, -0.25) is 9.69 Å². The van der Waals surface area contributed by atoms with Crippen LogP contribution in [0.15, 0.2) is 24.3 Å². The molecule has 0 aromatic heterocycles. The van der Waals surface area contributed by atoms with Crippen molar-refractivity contribution >= 4 is 15.8 Å². The minimum absolute atomic E-state index is 0.0643. The Morgan fingerprint density at radius 1 is 1.40 bits per heavy atom. The van der Waals surface area contributed by atoms with Crippen LogP contribution in [0.1, 0.15) is 17.5 Å². The van der Waals surface area contributed by atoms with E-state index >= 15 is 0 Å². The number of carboxylic acids is 1. The predicted octanol–water partition coefficient (Wildman–Crippen LogP) is 1.07. The van der Waals surface area contributed by atoms with Gasteiger partial charge in [-0.05, 0) is 18.1 Å². The Bertz CT molecular complexity index is 597. The normalized spacial score (nSPS) is 22.6. The molecule has 0 radical (unpaired) electrons. The average molecular weight is 297 g/mol. The zero-order valence-electron chi connectivity index (χ0n) is 11.4. The highest BCUT2D eigenvalue weighted by Crippen LogP contribution is 2.19. The van der Waals surface area contributed by atoms with Gasteiger partial charge in [0.15, 0.2) is 9.84 Å². The van der Waals surface area contributed by atoms with Gasteiger partial charge in [0.1, 0.15) is 0 Å². The van der Waals surface area contributed by atoms with Gasteiger partial charge in [0.25, 0.3) is 0 Å². The first-order valence-corrected chi connectivity index (χ1v) is 8.40. The molecule has 1 heterocycles. The lowest BCUT2D eigenvalue weighted by molar-refractivity contribution is -0.138. The molecule has 6 heteroatoms. The smallest absolute Gasteiger partial charge is 0.304 e. The van der Waals surface area contributed by atoms with Gasteiger partial charge in [0, 0.05) is 19.1 Å². The van der Waals surface area contributed by atoms with E-state index < -0.39 is 21.8 Å². The Balaban J connectivity index is 2.16. The summed E-state index contributed by atoms with van der Waals surface area (Å²) in [6.07, 6.45) is -0.134. The number of aryl methyl sites for hydroxylation is 1. The first kappa shape index (κ1) is 15.0. The number of aliphatic carboxylic acids is 1. The number of hydrogen-bond acceptors (Lipinski definition) is 4. The summed E-state index contributed by atoms with van der Waals surface area (Å²) >= 11 is 0. The molecule has 0 amide bonds. The first-order chi connectivity index (χ1) is 9.37. The molecule has 1 aliphatic heterocycles. The lowest BCUT2D eigenvalue weighted by atomic mass is 10.1. The molecule has 1 saturated heterocycles. The molecule has 1 aromatic carbocycles. The molecule has 0 spiro atoms. The molecule has 5 nitrogen and oxygen atoms in total. The molecule has 1 unspecified atom stereocenters. The van der Waals surface area contributed by atoms with E-state index in [-0.39, 0.29) is 17.9 Å². The molecule has 1 aliphatic rings. The van der Waals surface area contributed by atoms with E-state index in [1.165, 1.54) is 0 Å². The molecule has 1 N–H and O–H groups in total. The molecular weight excluding hydrogens is 278 g/mol. The van der Waals surface area contributed by atoms with Crippen molar-refractivity contribution in [2.75, 3.05) is 18.1 Å². The Kier molecular flexibility index (Phi) is 4.45. The van der Waals surface area contributed by atoms with Crippen molar-refractivity contribution in [1.82, 2.24) is 4.90 Å². The van der Waals surface area contributed by atoms with Crippen LogP contribution < -0.4 is 0 Å². The minimum Gasteiger partial charge on any atom is -0.481 e. The SMILES string of the molecule is Cc1ccccc1CN1CCS(=O)(=O)CC1CC(=O)O. The maximum absolute atomic E-state index is 11.7.